The average Bonchev–Trinajstić information content (AvgIpc) is 3.06. The van der Waals surface area contributed by atoms with Crippen LogP contribution in [0.15, 0.2) is 0 Å². The molecule has 15 heteroatoms. The van der Waals surface area contributed by atoms with Crippen LogP contribution in [-0.2, 0) is 33.6 Å². The zero-order valence-corrected chi connectivity index (χ0v) is 40.4. The number of rotatable bonds is 26. The highest BCUT2D eigenvalue weighted by atomic mass is 127. The minimum atomic E-state index is -1.29. The standard InChI is InChI=1S/C41H70IN3O11.C3H8/c1-12-13-18-26(35(51)52)31(37(55)56)41(9,10)45(11)22-20-27(36(53)54)30(33(48)44-24-16-14-17-24)40(7,8)39(5,6)21-15-19-25(34(49)50)29(38(2,3)4)32(47)43-23-28(42)46;1-3-2/h24-27,29-31H,12-23H2,1-11H3,(H,43,47)(H,44,48)(H,49,50)(H,51,52)(H,53,54)(H,55,56);3H2,1-2H3. The number of unbranched alkanes of at least 4 members (excludes halogenated alkanes) is 1. The van der Waals surface area contributed by atoms with Gasteiger partial charge in [-0.3, -0.25) is 33.6 Å². The Bertz CT molecular complexity index is 1420. The Labute approximate surface area is 367 Å². The summed E-state index contributed by atoms with van der Waals surface area (Å²) in [6, 6.07) is -0.0772. The van der Waals surface area contributed by atoms with Gasteiger partial charge in [0.1, 0.15) is 0 Å². The van der Waals surface area contributed by atoms with Crippen molar-refractivity contribution in [1.29, 1.82) is 0 Å². The lowest BCUT2D eigenvalue weighted by Gasteiger charge is -2.49. The van der Waals surface area contributed by atoms with Crippen LogP contribution in [0.3, 0.4) is 0 Å². The second-order valence-corrected chi connectivity index (χ2v) is 20.6. The maximum absolute atomic E-state index is 14.3. The van der Waals surface area contributed by atoms with Crippen LogP contribution in [0.1, 0.15) is 154 Å². The molecule has 0 aromatic carbocycles. The van der Waals surface area contributed by atoms with E-state index in [-0.39, 0.29) is 42.2 Å². The van der Waals surface area contributed by atoms with E-state index in [1.807, 2.05) is 34.6 Å². The lowest BCUT2D eigenvalue weighted by atomic mass is 9.55. The summed E-state index contributed by atoms with van der Waals surface area (Å²) in [7, 11) is 1.65. The summed E-state index contributed by atoms with van der Waals surface area (Å²) in [6.45, 7) is 22.2. The zero-order valence-electron chi connectivity index (χ0n) is 38.2. The monoisotopic (exact) mass is 951 g/mol. The maximum Gasteiger partial charge on any atom is 0.309 e. The number of aliphatic carboxylic acids is 4. The van der Waals surface area contributed by atoms with Gasteiger partial charge < -0.3 is 36.0 Å². The normalized spacial score (nSPS) is 16.9. The first-order chi connectivity index (χ1) is 27.0. The molecule has 0 aromatic heterocycles. The van der Waals surface area contributed by atoms with Gasteiger partial charge in [-0.15, -0.1) is 0 Å². The molecule has 0 aromatic rings. The van der Waals surface area contributed by atoms with Crippen molar-refractivity contribution >= 4 is 62.1 Å². The van der Waals surface area contributed by atoms with E-state index in [9.17, 15) is 54.0 Å². The summed E-state index contributed by atoms with van der Waals surface area (Å²) >= 11 is 1.57. The van der Waals surface area contributed by atoms with Gasteiger partial charge in [0.2, 0.25) is 15.6 Å². The van der Waals surface area contributed by atoms with Crippen molar-refractivity contribution in [2.75, 3.05) is 20.1 Å². The molecular weight excluding hydrogens is 873 g/mol. The molecule has 6 unspecified atom stereocenters. The topological polar surface area (TPSA) is 228 Å². The van der Waals surface area contributed by atoms with Crippen LogP contribution < -0.4 is 10.6 Å². The molecule has 6 N–H and O–H groups in total. The second-order valence-electron chi connectivity index (χ2n) is 19.4. The molecule has 1 fully saturated rings. The molecule has 1 rings (SSSR count). The van der Waals surface area contributed by atoms with Crippen LogP contribution in [0.25, 0.3) is 0 Å². The van der Waals surface area contributed by atoms with Crippen LogP contribution in [0.5, 0.6) is 0 Å². The Hall–Kier alpha value is -2.82. The number of amides is 2. The van der Waals surface area contributed by atoms with Crippen LogP contribution in [0.2, 0.25) is 0 Å². The fourth-order valence-electron chi connectivity index (χ4n) is 8.36. The van der Waals surface area contributed by atoms with Crippen molar-refractivity contribution in [3.8, 4) is 0 Å². The van der Waals surface area contributed by atoms with Crippen molar-refractivity contribution in [2.24, 2.45) is 51.8 Å². The molecule has 59 heavy (non-hydrogen) atoms. The SMILES string of the molecule is CCC.CCCCC(C(=O)O)C(C(=O)O)C(C)(C)N(C)CCC(C(=O)O)C(C(=O)NC1CCC1)C(C)(C)C(C)(C)CCCC(C(=O)O)C(C(=O)NCC(=O)I)C(C)(C)C. The molecule has 2 amide bonds. The molecule has 1 aliphatic rings. The molecule has 342 valence electrons. The Morgan fingerprint density at radius 3 is 1.53 bits per heavy atom. The number of carboxylic acids is 4. The summed E-state index contributed by atoms with van der Waals surface area (Å²) in [5, 5.41) is 47.1. The highest BCUT2D eigenvalue weighted by molar-refractivity contribution is 14.1. The first-order valence-corrected chi connectivity index (χ1v) is 22.4. The van der Waals surface area contributed by atoms with Crippen molar-refractivity contribution in [1.82, 2.24) is 15.5 Å². The van der Waals surface area contributed by atoms with E-state index in [0.717, 1.165) is 19.3 Å². The lowest BCUT2D eigenvalue weighted by molar-refractivity contribution is -0.161. The molecule has 0 heterocycles. The molecule has 0 bridgehead atoms. The van der Waals surface area contributed by atoms with Gasteiger partial charge >= 0.3 is 23.9 Å². The maximum atomic E-state index is 14.3. The van der Waals surface area contributed by atoms with Gasteiger partial charge in [0, 0.05) is 34.2 Å². The zero-order chi connectivity index (χ0) is 46.3. The van der Waals surface area contributed by atoms with E-state index in [1.165, 1.54) is 6.42 Å². The average molecular weight is 952 g/mol. The molecule has 14 nitrogen and oxygen atoms in total. The third-order valence-electron chi connectivity index (χ3n) is 13.0. The molecule has 6 atom stereocenters. The molecule has 0 radical (unpaired) electrons. The largest absolute Gasteiger partial charge is 0.481 e. The summed E-state index contributed by atoms with van der Waals surface area (Å²) in [5.74, 6) is -12.4. The van der Waals surface area contributed by atoms with Gasteiger partial charge in [0.05, 0.1) is 42.1 Å². The Balaban J connectivity index is 0.0000108. The van der Waals surface area contributed by atoms with Crippen molar-refractivity contribution in [3.05, 3.63) is 0 Å². The third kappa shape index (κ3) is 16.5. The highest BCUT2D eigenvalue weighted by Gasteiger charge is 2.53. The fraction of sp³-hybridized carbons (Fsp3) is 0.841. The number of carbonyl (C=O) groups excluding carboxylic acids is 3. The molecular formula is C44H78IN3O11. The van der Waals surface area contributed by atoms with Crippen LogP contribution in [-0.4, -0.2) is 96.5 Å². The number of carbonyl (C=O) groups is 7. The molecule has 1 saturated carbocycles. The number of carboxylic acid groups (broad SMARTS) is 4. The molecule has 0 aliphatic heterocycles. The summed E-state index contributed by atoms with van der Waals surface area (Å²) < 4.78 is -0.288. The van der Waals surface area contributed by atoms with Crippen molar-refractivity contribution < 1.29 is 54.0 Å². The molecule has 0 saturated heterocycles. The Kier molecular flexibility index (Phi) is 23.4. The van der Waals surface area contributed by atoms with Gasteiger partial charge in [0.25, 0.3) is 0 Å². The second kappa shape index (κ2) is 24.6. The number of hydrogen-bond acceptors (Lipinski definition) is 8. The van der Waals surface area contributed by atoms with E-state index in [0.29, 0.717) is 25.7 Å². The van der Waals surface area contributed by atoms with E-state index in [2.05, 4.69) is 24.5 Å². The van der Waals surface area contributed by atoms with Gasteiger partial charge in [-0.05, 0) is 88.6 Å². The predicted molar refractivity (Wildman–Crippen MR) is 237 cm³/mol. The smallest absolute Gasteiger partial charge is 0.309 e. The van der Waals surface area contributed by atoms with Crippen LogP contribution in [0, 0.1) is 51.8 Å². The first kappa shape index (κ1) is 56.2. The van der Waals surface area contributed by atoms with E-state index in [1.54, 1.807) is 69.2 Å². The summed E-state index contributed by atoms with van der Waals surface area (Å²) in [4.78, 5) is 91.5. The highest BCUT2D eigenvalue weighted by Crippen LogP contribution is 2.51. The third-order valence-corrected chi connectivity index (χ3v) is 13.4. The number of hydrogen-bond donors (Lipinski definition) is 6. The van der Waals surface area contributed by atoms with Gasteiger partial charge in [0.15, 0.2) is 0 Å². The summed E-state index contributed by atoms with van der Waals surface area (Å²) in [5.41, 5.74) is -3.65. The van der Waals surface area contributed by atoms with Crippen molar-refractivity contribution in [3.63, 3.8) is 0 Å². The predicted octanol–water partition coefficient (Wildman–Crippen LogP) is 7.74. The number of nitrogens with zero attached hydrogens (tertiary/aromatic N) is 1. The lowest BCUT2D eigenvalue weighted by Crippen LogP contribution is -2.56. The van der Waals surface area contributed by atoms with E-state index >= 15 is 0 Å². The molecule has 1 aliphatic carbocycles. The number of nitrogens with one attached hydrogen (secondary N) is 2. The quantitative estimate of drug-likeness (QED) is 0.0362. The van der Waals surface area contributed by atoms with Gasteiger partial charge in [-0.25, -0.2) is 0 Å². The number of halogens is 1. The summed E-state index contributed by atoms with van der Waals surface area (Å²) in [6.07, 6.45) is 6.01. The van der Waals surface area contributed by atoms with E-state index in [4.69, 9.17) is 0 Å². The minimum Gasteiger partial charge on any atom is -0.481 e. The van der Waals surface area contributed by atoms with Crippen LogP contribution >= 0.6 is 22.6 Å². The first-order valence-electron chi connectivity index (χ1n) is 21.4. The van der Waals surface area contributed by atoms with E-state index < -0.39 is 93.0 Å². The Morgan fingerprint density at radius 1 is 0.678 bits per heavy atom. The van der Waals surface area contributed by atoms with Gasteiger partial charge in [-0.1, -0.05) is 94.9 Å². The van der Waals surface area contributed by atoms with Gasteiger partial charge in [-0.2, -0.15) is 0 Å². The Morgan fingerprint density at radius 2 is 1.14 bits per heavy atom. The van der Waals surface area contributed by atoms with Crippen LogP contribution in [0.4, 0.5) is 0 Å². The fourth-order valence-corrected chi connectivity index (χ4v) is 8.55. The minimum absolute atomic E-state index is 0.0280. The van der Waals surface area contributed by atoms with Crippen molar-refractivity contribution in [2.45, 2.75) is 165 Å². The molecule has 0 spiro atoms.